The Balaban J connectivity index is 2.33. The van der Waals surface area contributed by atoms with Gasteiger partial charge in [-0.2, -0.15) is 0 Å². The van der Waals surface area contributed by atoms with Crippen molar-refractivity contribution in [3.63, 3.8) is 0 Å². The Bertz CT molecular complexity index is 325. The molecule has 0 aliphatic heterocycles. The third kappa shape index (κ3) is 6.10. The van der Waals surface area contributed by atoms with Crippen molar-refractivity contribution in [2.24, 2.45) is 0 Å². The summed E-state index contributed by atoms with van der Waals surface area (Å²) >= 11 is 0. The molecule has 0 aromatic carbocycles. The number of nitrogens with zero attached hydrogens (tertiary/aromatic N) is 2. The second kappa shape index (κ2) is 9.84. The first-order chi connectivity index (χ1) is 9.29. The number of imidazole rings is 1. The van der Waals surface area contributed by atoms with E-state index >= 15 is 0 Å². The third-order valence-corrected chi connectivity index (χ3v) is 3.43. The number of rotatable bonds is 11. The second-order valence-electron chi connectivity index (χ2n) is 5.13. The van der Waals surface area contributed by atoms with Crippen molar-refractivity contribution in [2.45, 2.75) is 58.4 Å². The van der Waals surface area contributed by atoms with Crippen LogP contribution in [0.15, 0.2) is 12.4 Å². The fourth-order valence-electron chi connectivity index (χ4n) is 2.23. The summed E-state index contributed by atoms with van der Waals surface area (Å²) < 4.78 is 7.30. The molecular weight excluding hydrogens is 238 g/mol. The van der Waals surface area contributed by atoms with Crippen molar-refractivity contribution in [2.75, 3.05) is 25.6 Å². The Morgan fingerprint density at radius 3 is 2.89 bits per heavy atom. The standard InChI is InChI=1S/C15H29N3O/c1-4-5-6-7-9-14(2)18-12-11-17-15(18)16-10-8-13-19-3/h11-12,14H,4-10,13H2,1-3H3,(H,16,17). The van der Waals surface area contributed by atoms with Gasteiger partial charge in [0.25, 0.3) is 0 Å². The largest absolute Gasteiger partial charge is 0.385 e. The predicted octanol–water partition coefficient (Wildman–Crippen LogP) is 3.86. The van der Waals surface area contributed by atoms with Gasteiger partial charge in [-0.3, -0.25) is 0 Å². The maximum atomic E-state index is 5.05. The molecule has 0 bridgehead atoms. The number of aromatic nitrogens is 2. The lowest BCUT2D eigenvalue weighted by atomic mass is 10.1. The molecule has 0 saturated heterocycles. The van der Waals surface area contributed by atoms with Gasteiger partial charge in [-0.1, -0.05) is 32.6 Å². The Kier molecular flexibility index (Phi) is 8.30. The Hall–Kier alpha value is -1.03. The van der Waals surface area contributed by atoms with Crippen LogP contribution in [0.3, 0.4) is 0 Å². The number of hydrogen-bond donors (Lipinski definition) is 1. The molecule has 0 aliphatic rings. The van der Waals surface area contributed by atoms with Crippen LogP contribution in [-0.2, 0) is 4.74 Å². The summed E-state index contributed by atoms with van der Waals surface area (Å²) in [7, 11) is 1.74. The lowest BCUT2D eigenvalue weighted by Gasteiger charge is -2.17. The molecule has 1 heterocycles. The molecule has 1 atom stereocenters. The van der Waals surface area contributed by atoms with Crippen LogP contribution in [-0.4, -0.2) is 29.8 Å². The first kappa shape index (κ1) is 16.0. The Labute approximate surface area is 117 Å². The van der Waals surface area contributed by atoms with Gasteiger partial charge in [0.05, 0.1) is 0 Å². The van der Waals surface area contributed by atoms with Gasteiger partial charge < -0.3 is 14.6 Å². The second-order valence-corrected chi connectivity index (χ2v) is 5.13. The number of ether oxygens (including phenoxy) is 1. The molecule has 4 nitrogen and oxygen atoms in total. The molecule has 110 valence electrons. The normalized spacial score (nSPS) is 12.6. The van der Waals surface area contributed by atoms with Crippen LogP contribution in [0.1, 0.15) is 58.4 Å². The molecule has 19 heavy (non-hydrogen) atoms. The zero-order valence-electron chi connectivity index (χ0n) is 12.7. The van der Waals surface area contributed by atoms with E-state index in [0.29, 0.717) is 6.04 Å². The highest BCUT2D eigenvalue weighted by atomic mass is 16.5. The van der Waals surface area contributed by atoms with E-state index in [9.17, 15) is 0 Å². The molecule has 0 fully saturated rings. The van der Waals surface area contributed by atoms with Crippen LogP contribution in [0.25, 0.3) is 0 Å². The highest BCUT2D eigenvalue weighted by Crippen LogP contribution is 2.19. The van der Waals surface area contributed by atoms with E-state index in [1.54, 1.807) is 7.11 Å². The van der Waals surface area contributed by atoms with Gasteiger partial charge >= 0.3 is 0 Å². The molecule has 1 aromatic rings. The average molecular weight is 267 g/mol. The van der Waals surface area contributed by atoms with Gasteiger partial charge in [-0.05, 0) is 19.8 Å². The molecule has 0 aliphatic carbocycles. The Morgan fingerprint density at radius 1 is 1.32 bits per heavy atom. The van der Waals surface area contributed by atoms with Gasteiger partial charge in [-0.25, -0.2) is 4.98 Å². The number of methoxy groups -OCH3 is 1. The molecule has 0 amide bonds. The molecule has 1 N–H and O–H groups in total. The summed E-state index contributed by atoms with van der Waals surface area (Å²) in [5, 5.41) is 3.38. The smallest absolute Gasteiger partial charge is 0.203 e. The summed E-state index contributed by atoms with van der Waals surface area (Å²) in [5.41, 5.74) is 0. The van der Waals surface area contributed by atoms with Crippen molar-refractivity contribution < 1.29 is 4.74 Å². The van der Waals surface area contributed by atoms with Crippen molar-refractivity contribution >= 4 is 5.95 Å². The quantitative estimate of drug-likeness (QED) is 0.619. The minimum atomic E-state index is 0.518. The monoisotopic (exact) mass is 267 g/mol. The molecule has 1 rings (SSSR count). The topological polar surface area (TPSA) is 39.1 Å². The van der Waals surface area contributed by atoms with E-state index in [4.69, 9.17) is 4.74 Å². The van der Waals surface area contributed by atoms with E-state index < -0.39 is 0 Å². The predicted molar refractivity (Wildman–Crippen MR) is 80.7 cm³/mol. The zero-order chi connectivity index (χ0) is 13.9. The van der Waals surface area contributed by atoms with Crippen molar-refractivity contribution in [3.05, 3.63) is 12.4 Å². The maximum absolute atomic E-state index is 5.05. The number of anilines is 1. The van der Waals surface area contributed by atoms with Gasteiger partial charge in [-0.15, -0.1) is 0 Å². The third-order valence-electron chi connectivity index (χ3n) is 3.43. The molecule has 0 spiro atoms. The molecular formula is C15H29N3O. The van der Waals surface area contributed by atoms with Crippen molar-refractivity contribution in [1.82, 2.24) is 9.55 Å². The SMILES string of the molecule is CCCCCCC(C)n1ccnc1NCCCOC. The zero-order valence-corrected chi connectivity index (χ0v) is 12.7. The first-order valence-corrected chi connectivity index (χ1v) is 7.55. The van der Waals surface area contributed by atoms with Crippen LogP contribution in [0, 0.1) is 0 Å². The maximum Gasteiger partial charge on any atom is 0.203 e. The van der Waals surface area contributed by atoms with E-state index in [2.05, 4.69) is 34.9 Å². The summed E-state index contributed by atoms with van der Waals surface area (Å²) in [6.45, 7) is 6.23. The number of hydrogen-bond acceptors (Lipinski definition) is 3. The fraction of sp³-hybridized carbons (Fsp3) is 0.800. The molecule has 0 saturated carbocycles. The van der Waals surface area contributed by atoms with Crippen molar-refractivity contribution in [1.29, 1.82) is 0 Å². The lowest BCUT2D eigenvalue weighted by Crippen LogP contribution is -2.12. The minimum Gasteiger partial charge on any atom is -0.385 e. The summed E-state index contributed by atoms with van der Waals surface area (Å²) in [6, 6.07) is 0.518. The summed E-state index contributed by atoms with van der Waals surface area (Å²) in [6.07, 6.45) is 11.5. The Morgan fingerprint density at radius 2 is 2.16 bits per heavy atom. The van der Waals surface area contributed by atoms with Crippen LogP contribution in [0.4, 0.5) is 5.95 Å². The van der Waals surface area contributed by atoms with E-state index in [-0.39, 0.29) is 0 Å². The lowest BCUT2D eigenvalue weighted by molar-refractivity contribution is 0.197. The summed E-state index contributed by atoms with van der Waals surface area (Å²) in [5.74, 6) is 0.985. The minimum absolute atomic E-state index is 0.518. The number of nitrogens with one attached hydrogen (secondary N) is 1. The van der Waals surface area contributed by atoms with Gasteiger partial charge in [0.1, 0.15) is 0 Å². The van der Waals surface area contributed by atoms with E-state index in [1.165, 1.54) is 32.1 Å². The molecule has 1 aromatic heterocycles. The number of unbranched alkanes of at least 4 members (excludes halogenated alkanes) is 3. The van der Waals surface area contributed by atoms with Crippen LogP contribution in [0.5, 0.6) is 0 Å². The van der Waals surface area contributed by atoms with Crippen LogP contribution < -0.4 is 5.32 Å². The summed E-state index contributed by atoms with van der Waals surface area (Å²) in [4.78, 5) is 4.39. The van der Waals surface area contributed by atoms with Crippen LogP contribution >= 0.6 is 0 Å². The van der Waals surface area contributed by atoms with E-state index in [1.807, 2.05) is 6.20 Å². The van der Waals surface area contributed by atoms with Gasteiger partial charge in [0.15, 0.2) is 0 Å². The van der Waals surface area contributed by atoms with Gasteiger partial charge in [0.2, 0.25) is 5.95 Å². The first-order valence-electron chi connectivity index (χ1n) is 7.55. The molecule has 1 unspecified atom stereocenters. The van der Waals surface area contributed by atoms with Crippen molar-refractivity contribution in [3.8, 4) is 0 Å². The average Bonchev–Trinajstić information content (AvgIpc) is 2.88. The highest BCUT2D eigenvalue weighted by Gasteiger charge is 2.09. The highest BCUT2D eigenvalue weighted by molar-refractivity contribution is 5.26. The van der Waals surface area contributed by atoms with Crippen LogP contribution in [0.2, 0.25) is 0 Å². The molecule has 0 radical (unpaired) electrons. The van der Waals surface area contributed by atoms with Gasteiger partial charge in [0, 0.05) is 38.7 Å². The van der Waals surface area contributed by atoms with E-state index in [0.717, 1.165) is 25.5 Å². The molecule has 4 heteroatoms. The fourth-order valence-corrected chi connectivity index (χ4v) is 2.23.